The van der Waals surface area contributed by atoms with E-state index in [1.165, 1.54) is 12.8 Å². The summed E-state index contributed by atoms with van der Waals surface area (Å²) in [6.07, 6.45) is 9.25. The molecule has 1 saturated carbocycles. The minimum atomic E-state index is 0.264. The first-order valence-electron chi connectivity index (χ1n) is 7.24. The van der Waals surface area contributed by atoms with Crippen LogP contribution >= 0.6 is 0 Å². The Labute approximate surface area is 115 Å². The van der Waals surface area contributed by atoms with Crippen molar-refractivity contribution in [2.24, 2.45) is 5.92 Å². The van der Waals surface area contributed by atoms with Gasteiger partial charge in [-0.25, -0.2) is 0 Å². The van der Waals surface area contributed by atoms with Gasteiger partial charge < -0.3 is 4.74 Å². The van der Waals surface area contributed by atoms with Crippen molar-refractivity contribution in [1.29, 1.82) is 0 Å². The van der Waals surface area contributed by atoms with E-state index in [2.05, 4.69) is 6.92 Å². The summed E-state index contributed by atoms with van der Waals surface area (Å²) < 4.78 is 5.65. The van der Waals surface area contributed by atoms with Gasteiger partial charge >= 0.3 is 0 Å². The molecule has 1 aliphatic rings. The summed E-state index contributed by atoms with van der Waals surface area (Å²) in [5.74, 6) is 1.47. The van der Waals surface area contributed by atoms with Gasteiger partial charge in [0.25, 0.3) is 0 Å². The van der Waals surface area contributed by atoms with E-state index in [-0.39, 0.29) is 5.78 Å². The molecule has 2 heteroatoms. The van der Waals surface area contributed by atoms with Crippen LogP contribution in [0.15, 0.2) is 30.3 Å². The number of allylic oxidation sites excluding steroid dienone is 1. The molecule has 0 bridgehead atoms. The Kier molecular flexibility index (Phi) is 5.20. The normalized spacial score (nSPS) is 14.8. The predicted molar refractivity (Wildman–Crippen MR) is 78.2 cm³/mol. The molecule has 1 aromatic rings. The van der Waals surface area contributed by atoms with Crippen LogP contribution in [0.25, 0.3) is 6.08 Å². The van der Waals surface area contributed by atoms with Crippen LogP contribution < -0.4 is 4.74 Å². The lowest BCUT2D eigenvalue weighted by molar-refractivity contribution is -0.115. The van der Waals surface area contributed by atoms with Crippen LogP contribution in [0.3, 0.4) is 0 Å². The fourth-order valence-corrected chi connectivity index (χ4v) is 1.90. The minimum Gasteiger partial charge on any atom is -0.494 e. The van der Waals surface area contributed by atoms with Gasteiger partial charge in [0.15, 0.2) is 5.78 Å². The van der Waals surface area contributed by atoms with Gasteiger partial charge in [0.2, 0.25) is 0 Å². The smallest absolute Gasteiger partial charge is 0.158 e. The van der Waals surface area contributed by atoms with E-state index in [0.717, 1.165) is 37.2 Å². The highest BCUT2D eigenvalue weighted by molar-refractivity contribution is 5.96. The van der Waals surface area contributed by atoms with E-state index in [0.29, 0.717) is 5.92 Å². The molecule has 0 saturated heterocycles. The second kappa shape index (κ2) is 7.13. The third-order valence-electron chi connectivity index (χ3n) is 3.32. The van der Waals surface area contributed by atoms with Gasteiger partial charge in [-0.05, 0) is 43.0 Å². The van der Waals surface area contributed by atoms with Gasteiger partial charge in [0, 0.05) is 5.92 Å². The molecule has 1 fully saturated rings. The van der Waals surface area contributed by atoms with Crippen molar-refractivity contribution in [2.75, 3.05) is 6.61 Å². The molecular formula is C17H22O2. The number of hydrogen-bond donors (Lipinski definition) is 0. The number of rotatable bonds is 8. The SMILES string of the molecule is CCCCCOc1ccc(/C=C/C(=O)C2CC2)cc1. The summed E-state index contributed by atoms with van der Waals surface area (Å²) in [4.78, 5) is 11.5. The maximum absolute atomic E-state index is 11.5. The third-order valence-corrected chi connectivity index (χ3v) is 3.32. The summed E-state index contributed by atoms with van der Waals surface area (Å²) in [5.41, 5.74) is 1.05. The molecule has 0 aromatic heterocycles. The molecule has 2 rings (SSSR count). The quantitative estimate of drug-likeness (QED) is 0.515. The second-order valence-electron chi connectivity index (χ2n) is 5.13. The van der Waals surface area contributed by atoms with Crippen molar-refractivity contribution in [3.05, 3.63) is 35.9 Å². The fraction of sp³-hybridized carbons (Fsp3) is 0.471. The lowest BCUT2D eigenvalue weighted by Crippen LogP contribution is -1.96. The first-order valence-corrected chi connectivity index (χ1v) is 7.24. The van der Waals surface area contributed by atoms with E-state index < -0.39 is 0 Å². The molecule has 0 amide bonds. The van der Waals surface area contributed by atoms with Crippen molar-refractivity contribution in [3.63, 3.8) is 0 Å². The summed E-state index contributed by atoms with van der Waals surface area (Å²) in [6.45, 7) is 2.97. The Morgan fingerprint density at radius 1 is 1.26 bits per heavy atom. The molecule has 2 nitrogen and oxygen atoms in total. The number of benzene rings is 1. The van der Waals surface area contributed by atoms with Crippen LogP contribution in [-0.4, -0.2) is 12.4 Å². The maximum Gasteiger partial charge on any atom is 0.158 e. The summed E-state index contributed by atoms with van der Waals surface area (Å²) in [7, 11) is 0. The molecule has 0 aliphatic heterocycles. The molecule has 19 heavy (non-hydrogen) atoms. The maximum atomic E-state index is 11.5. The van der Waals surface area contributed by atoms with Gasteiger partial charge in [-0.15, -0.1) is 0 Å². The molecule has 0 N–H and O–H groups in total. The lowest BCUT2D eigenvalue weighted by atomic mass is 10.1. The zero-order valence-corrected chi connectivity index (χ0v) is 11.6. The van der Waals surface area contributed by atoms with Crippen molar-refractivity contribution >= 4 is 11.9 Å². The zero-order valence-electron chi connectivity index (χ0n) is 11.6. The van der Waals surface area contributed by atoms with Crippen molar-refractivity contribution in [3.8, 4) is 5.75 Å². The first-order chi connectivity index (χ1) is 9.29. The zero-order chi connectivity index (χ0) is 13.5. The minimum absolute atomic E-state index is 0.264. The van der Waals surface area contributed by atoms with Crippen LogP contribution in [-0.2, 0) is 4.79 Å². The number of carbonyl (C=O) groups is 1. The Morgan fingerprint density at radius 2 is 2.00 bits per heavy atom. The van der Waals surface area contributed by atoms with Crippen LogP contribution in [0.5, 0.6) is 5.75 Å². The summed E-state index contributed by atoms with van der Waals surface area (Å²) in [5, 5.41) is 0. The molecule has 0 spiro atoms. The highest BCUT2D eigenvalue weighted by Gasteiger charge is 2.27. The van der Waals surface area contributed by atoms with Gasteiger partial charge in [-0.2, -0.15) is 0 Å². The lowest BCUT2D eigenvalue weighted by Gasteiger charge is -2.05. The van der Waals surface area contributed by atoms with Crippen LogP contribution in [0.1, 0.15) is 44.6 Å². The molecule has 0 heterocycles. The number of ether oxygens (including phenoxy) is 1. The number of carbonyl (C=O) groups excluding carboxylic acids is 1. The molecule has 0 unspecified atom stereocenters. The molecular weight excluding hydrogens is 236 g/mol. The van der Waals surface area contributed by atoms with E-state index in [9.17, 15) is 4.79 Å². The van der Waals surface area contributed by atoms with E-state index in [1.54, 1.807) is 6.08 Å². The molecule has 1 aliphatic carbocycles. The largest absolute Gasteiger partial charge is 0.494 e. The van der Waals surface area contributed by atoms with Crippen LogP contribution in [0.4, 0.5) is 0 Å². The van der Waals surface area contributed by atoms with Crippen molar-refractivity contribution < 1.29 is 9.53 Å². The van der Waals surface area contributed by atoms with Gasteiger partial charge in [-0.1, -0.05) is 38.0 Å². The standard InChI is InChI=1S/C17H22O2/c1-2-3-4-13-19-16-10-5-14(6-11-16)7-12-17(18)15-8-9-15/h5-7,10-12,15H,2-4,8-9,13H2,1H3/b12-7+. The molecule has 1 aromatic carbocycles. The van der Waals surface area contributed by atoms with E-state index >= 15 is 0 Å². The fourth-order valence-electron chi connectivity index (χ4n) is 1.90. The Bertz CT molecular complexity index is 427. The van der Waals surface area contributed by atoms with Crippen LogP contribution in [0, 0.1) is 5.92 Å². The van der Waals surface area contributed by atoms with Gasteiger partial charge in [0.1, 0.15) is 5.75 Å². The second-order valence-corrected chi connectivity index (χ2v) is 5.13. The van der Waals surface area contributed by atoms with Gasteiger partial charge in [0.05, 0.1) is 6.61 Å². The average Bonchev–Trinajstić information content (AvgIpc) is 3.27. The number of unbranched alkanes of at least 4 members (excludes halogenated alkanes) is 2. The van der Waals surface area contributed by atoms with Gasteiger partial charge in [-0.3, -0.25) is 4.79 Å². The molecule has 0 radical (unpaired) electrons. The Hall–Kier alpha value is -1.57. The Balaban J connectivity index is 1.78. The third kappa shape index (κ3) is 4.90. The monoisotopic (exact) mass is 258 g/mol. The summed E-state index contributed by atoms with van der Waals surface area (Å²) in [6, 6.07) is 7.91. The Morgan fingerprint density at radius 3 is 2.63 bits per heavy atom. The average molecular weight is 258 g/mol. The summed E-state index contributed by atoms with van der Waals surface area (Å²) >= 11 is 0. The number of ketones is 1. The molecule has 102 valence electrons. The van der Waals surface area contributed by atoms with E-state index in [1.807, 2.05) is 30.3 Å². The van der Waals surface area contributed by atoms with E-state index in [4.69, 9.17) is 4.74 Å². The predicted octanol–water partition coefficient (Wildman–Crippen LogP) is 4.25. The highest BCUT2D eigenvalue weighted by Crippen LogP contribution is 2.30. The molecule has 0 atom stereocenters. The number of hydrogen-bond acceptors (Lipinski definition) is 2. The van der Waals surface area contributed by atoms with Crippen molar-refractivity contribution in [1.82, 2.24) is 0 Å². The van der Waals surface area contributed by atoms with Crippen molar-refractivity contribution in [2.45, 2.75) is 39.0 Å². The van der Waals surface area contributed by atoms with Crippen LogP contribution in [0.2, 0.25) is 0 Å². The highest BCUT2D eigenvalue weighted by atomic mass is 16.5. The topological polar surface area (TPSA) is 26.3 Å². The first kappa shape index (κ1) is 13.9.